The number of nitrogens with one attached hydrogen (secondary N) is 2. The zero-order chi connectivity index (χ0) is 19.5. The molecule has 1 aliphatic heterocycles. The minimum Gasteiger partial charge on any atom is -0.349 e. The molecule has 0 radical (unpaired) electrons. The molecule has 2 unspecified atom stereocenters. The van der Waals surface area contributed by atoms with E-state index >= 15 is 0 Å². The molecule has 3 aromatic rings. The maximum atomic E-state index is 13.1. The van der Waals surface area contributed by atoms with Crippen molar-refractivity contribution in [2.24, 2.45) is 0 Å². The van der Waals surface area contributed by atoms with Gasteiger partial charge in [-0.05, 0) is 50.6 Å². The lowest BCUT2D eigenvalue weighted by atomic mass is 10.00. The fourth-order valence-electron chi connectivity index (χ4n) is 3.60. The zero-order valence-electron chi connectivity index (χ0n) is 16.1. The van der Waals surface area contributed by atoms with Crippen LogP contribution in [0, 0.1) is 0 Å². The Kier molecular flexibility index (Phi) is 6.96. The molecule has 2 atom stereocenters. The van der Waals surface area contributed by atoms with Crippen LogP contribution in [-0.4, -0.2) is 34.3 Å². The summed E-state index contributed by atoms with van der Waals surface area (Å²) >= 11 is 6.03. The Labute approximate surface area is 181 Å². The molecule has 1 amide bonds. The Morgan fingerprint density at radius 2 is 1.90 bits per heavy atom. The molecule has 2 N–H and O–H groups in total. The van der Waals surface area contributed by atoms with E-state index in [4.69, 9.17) is 16.7 Å². The molecular weight excluding hydrogens is 407 g/mol. The van der Waals surface area contributed by atoms with E-state index in [2.05, 4.69) is 17.6 Å². The fourth-order valence-corrected chi connectivity index (χ4v) is 3.73. The van der Waals surface area contributed by atoms with E-state index in [0.29, 0.717) is 22.3 Å². The van der Waals surface area contributed by atoms with Crippen molar-refractivity contribution in [2.45, 2.75) is 31.8 Å². The van der Waals surface area contributed by atoms with E-state index in [1.165, 1.54) is 0 Å². The molecule has 2 heterocycles. The lowest BCUT2D eigenvalue weighted by Crippen LogP contribution is -2.46. The van der Waals surface area contributed by atoms with Crippen molar-refractivity contribution in [3.63, 3.8) is 0 Å². The van der Waals surface area contributed by atoms with E-state index in [1.54, 1.807) is 10.9 Å². The summed E-state index contributed by atoms with van der Waals surface area (Å²) < 4.78 is 1.75. The zero-order valence-corrected chi connectivity index (χ0v) is 17.7. The van der Waals surface area contributed by atoms with Crippen molar-refractivity contribution in [3.8, 4) is 16.9 Å². The van der Waals surface area contributed by atoms with Crippen LogP contribution in [0.25, 0.3) is 16.9 Å². The number of benzene rings is 2. The van der Waals surface area contributed by atoms with Crippen molar-refractivity contribution in [2.75, 3.05) is 6.54 Å². The Morgan fingerprint density at radius 3 is 2.59 bits per heavy atom. The van der Waals surface area contributed by atoms with Crippen LogP contribution in [0.4, 0.5) is 0 Å². The normalized spacial score (nSPS) is 18.7. The summed E-state index contributed by atoms with van der Waals surface area (Å²) in [5, 5.41) is 12.0. The summed E-state index contributed by atoms with van der Waals surface area (Å²) in [6.07, 6.45) is 3.66. The van der Waals surface area contributed by atoms with Gasteiger partial charge in [0.25, 0.3) is 5.91 Å². The Balaban J connectivity index is 0.00000240. The maximum absolute atomic E-state index is 13.1. The Bertz CT molecular complexity index is 957. The number of para-hydroxylation sites is 1. The molecule has 0 spiro atoms. The van der Waals surface area contributed by atoms with Crippen molar-refractivity contribution in [1.29, 1.82) is 0 Å². The molecule has 0 aliphatic carbocycles. The summed E-state index contributed by atoms with van der Waals surface area (Å²) in [5.41, 5.74) is 2.99. The molecule has 1 saturated heterocycles. The lowest BCUT2D eigenvalue weighted by Gasteiger charge is -2.28. The van der Waals surface area contributed by atoms with Gasteiger partial charge in [0.1, 0.15) is 5.69 Å². The molecule has 2 aromatic carbocycles. The van der Waals surface area contributed by atoms with Gasteiger partial charge in [0, 0.05) is 28.9 Å². The Hall–Kier alpha value is -2.34. The van der Waals surface area contributed by atoms with Gasteiger partial charge in [-0.25, -0.2) is 4.68 Å². The van der Waals surface area contributed by atoms with Gasteiger partial charge in [-0.2, -0.15) is 5.10 Å². The van der Waals surface area contributed by atoms with Crippen LogP contribution in [-0.2, 0) is 0 Å². The van der Waals surface area contributed by atoms with Gasteiger partial charge in [-0.3, -0.25) is 4.79 Å². The standard InChI is InChI=1S/C22H23ClN4O.ClH/c1-15-13-18(11-12-24-15)25-22(28)20-14-27(19-5-3-2-4-6-19)26-21(20)16-7-9-17(23)10-8-16;/h2-10,14-15,18,24H,11-13H2,1H3,(H,25,28);1H. The van der Waals surface area contributed by atoms with Crippen LogP contribution in [0.15, 0.2) is 60.8 Å². The number of carbonyl (C=O) groups is 1. The second-order valence-electron chi connectivity index (χ2n) is 7.23. The molecule has 1 fully saturated rings. The molecule has 7 heteroatoms. The second-order valence-corrected chi connectivity index (χ2v) is 7.66. The predicted octanol–water partition coefficient (Wildman–Crippen LogP) is 4.48. The van der Waals surface area contributed by atoms with E-state index in [9.17, 15) is 4.79 Å². The molecule has 4 rings (SSSR count). The van der Waals surface area contributed by atoms with E-state index in [0.717, 1.165) is 30.6 Å². The summed E-state index contributed by atoms with van der Waals surface area (Å²) in [6.45, 7) is 3.06. The van der Waals surface area contributed by atoms with Crippen LogP contribution in [0.2, 0.25) is 5.02 Å². The molecule has 152 valence electrons. The summed E-state index contributed by atoms with van der Waals surface area (Å²) in [4.78, 5) is 13.1. The first kappa shape index (κ1) is 21.4. The van der Waals surface area contributed by atoms with Gasteiger partial charge in [-0.15, -0.1) is 12.4 Å². The van der Waals surface area contributed by atoms with Gasteiger partial charge in [-0.1, -0.05) is 41.9 Å². The number of piperidine rings is 1. The van der Waals surface area contributed by atoms with Gasteiger partial charge in [0.2, 0.25) is 0 Å². The van der Waals surface area contributed by atoms with Crippen molar-refractivity contribution >= 4 is 29.9 Å². The van der Waals surface area contributed by atoms with Crippen LogP contribution >= 0.6 is 24.0 Å². The number of hydrogen-bond acceptors (Lipinski definition) is 3. The largest absolute Gasteiger partial charge is 0.349 e. The first-order valence-corrected chi connectivity index (χ1v) is 9.93. The first-order valence-electron chi connectivity index (χ1n) is 9.55. The van der Waals surface area contributed by atoms with E-state index in [-0.39, 0.29) is 24.4 Å². The number of nitrogens with zero attached hydrogens (tertiary/aromatic N) is 2. The third-order valence-corrected chi connectivity index (χ3v) is 5.31. The topological polar surface area (TPSA) is 59.0 Å². The van der Waals surface area contributed by atoms with Crippen LogP contribution in [0.3, 0.4) is 0 Å². The highest BCUT2D eigenvalue weighted by molar-refractivity contribution is 6.30. The minimum absolute atomic E-state index is 0. The number of hydrogen-bond donors (Lipinski definition) is 2. The van der Waals surface area contributed by atoms with Crippen LogP contribution < -0.4 is 10.6 Å². The lowest BCUT2D eigenvalue weighted by molar-refractivity contribution is 0.0926. The van der Waals surface area contributed by atoms with Gasteiger partial charge in [0.05, 0.1) is 11.3 Å². The second kappa shape index (κ2) is 9.44. The highest BCUT2D eigenvalue weighted by Gasteiger charge is 2.24. The van der Waals surface area contributed by atoms with E-state index in [1.807, 2.05) is 54.6 Å². The number of aromatic nitrogens is 2. The fraction of sp³-hybridized carbons (Fsp3) is 0.273. The molecule has 0 bridgehead atoms. The average molecular weight is 431 g/mol. The molecule has 1 aromatic heterocycles. The average Bonchev–Trinajstić information content (AvgIpc) is 3.15. The van der Waals surface area contributed by atoms with Crippen molar-refractivity contribution in [3.05, 3.63) is 71.4 Å². The Morgan fingerprint density at radius 1 is 1.17 bits per heavy atom. The van der Waals surface area contributed by atoms with Gasteiger partial charge < -0.3 is 10.6 Å². The summed E-state index contributed by atoms with van der Waals surface area (Å²) in [6, 6.07) is 17.8. The molecule has 1 aliphatic rings. The van der Waals surface area contributed by atoms with Gasteiger partial charge in [0.15, 0.2) is 0 Å². The highest BCUT2D eigenvalue weighted by Crippen LogP contribution is 2.25. The monoisotopic (exact) mass is 430 g/mol. The smallest absolute Gasteiger partial charge is 0.255 e. The molecular formula is C22H24Cl2N4O. The van der Waals surface area contributed by atoms with E-state index < -0.39 is 0 Å². The van der Waals surface area contributed by atoms with Crippen molar-refractivity contribution in [1.82, 2.24) is 20.4 Å². The number of amides is 1. The van der Waals surface area contributed by atoms with Crippen LogP contribution in [0.5, 0.6) is 0 Å². The number of rotatable bonds is 4. The highest BCUT2D eigenvalue weighted by atomic mass is 35.5. The summed E-state index contributed by atoms with van der Waals surface area (Å²) in [5.74, 6) is -0.0915. The number of carbonyl (C=O) groups excluding carboxylic acids is 1. The first-order chi connectivity index (χ1) is 13.6. The third-order valence-electron chi connectivity index (χ3n) is 5.06. The predicted molar refractivity (Wildman–Crippen MR) is 119 cm³/mol. The SMILES string of the molecule is CC1CC(NC(=O)c2cn(-c3ccccc3)nc2-c2ccc(Cl)cc2)CCN1.Cl. The van der Waals surface area contributed by atoms with Crippen molar-refractivity contribution < 1.29 is 4.79 Å². The molecule has 0 saturated carbocycles. The summed E-state index contributed by atoms with van der Waals surface area (Å²) in [7, 11) is 0. The maximum Gasteiger partial charge on any atom is 0.255 e. The minimum atomic E-state index is -0.0915. The van der Waals surface area contributed by atoms with Crippen LogP contribution in [0.1, 0.15) is 30.1 Å². The molecule has 5 nitrogen and oxygen atoms in total. The number of halogens is 2. The molecule has 29 heavy (non-hydrogen) atoms. The quantitative estimate of drug-likeness (QED) is 0.640. The third kappa shape index (κ3) is 4.99. The van der Waals surface area contributed by atoms with Gasteiger partial charge >= 0.3 is 0 Å².